The van der Waals surface area contributed by atoms with Gasteiger partial charge in [-0.2, -0.15) is 0 Å². The predicted octanol–water partition coefficient (Wildman–Crippen LogP) is 3.02. The van der Waals surface area contributed by atoms with Crippen molar-refractivity contribution in [1.82, 2.24) is 0 Å². The van der Waals surface area contributed by atoms with Crippen molar-refractivity contribution in [3.63, 3.8) is 0 Å². The Morgan fingerprint density at radius 1 is 1.31 bits per heavy atom. The van der Waals surface area contributed by atoms with Gasteiger partial charge in [0.05, 0.1) is 13.7 Å². The van der Waals surface area contributed by atoms with Gasteiger partial charge < -0.3 is 15.7 Å². The first kappa shape index (κ1) is 14.5. The van der Waals surface area contributed by atoms with Crippen LogP contribution in [0.2, 0.25) is 0 Å². The van der Waals surface area contributed by atoms with E-state index in [1.165, 1.54) is 3.57 Å². The van der Waals surface area contributed by atoms with E-state index in [9.17, 15) is 0 Å². The molecule has 0 aliphatic rings. The number of ether oxygens (including phenoxy) is 1. The quantitative estimate of drug-likeness (QED) is 0.197. The van der Waals surface area contributed by atoms with Crippen LogP contribution in [0.3, 0.4) is 0 Å². The molecule has 16 heavy (non-hydrogen) atoms. The molecule has 0 bridgehead atoms. The first-order chi connectivity index (χ1) is 7.54. The van der Waals surface area contributed by atoms with E-state index < -0.39 is 0 Å². The maximum absolute atomic E-state index is 8.38. The van der Waals surface area contributed by atoms with Crippen molar-refractivity contribution < 1.29 is 9.94 Å². The molecule has 0 saturated carbocycles. The standard InChI is InChI=1S/C9H9I3N2O2/c10-5-3-6(11)9(7(12)4-5)16-2-1-8(13)14-15/h3-4,15H,1-2H2,(H2,13,14). The van der Waals surface area contributed by atoms with Crippen molar-refractivity contribution in [1.29, 1.82) is 0 Å². The molecule has 0 unspecified atom stereocenters. The Morgan fingerprint density at radius 3 is 2.38 bits per heavy atom. The Morgan fingerprint density at radius 2 is 1.88 bits per heavy atom. The SMILES string of the molecule is N/C(CCOc1c(I)cc(I)cc1I)=N\O. The number of hydrogen-bond acceptors (Lipinski definition) is 3. The Balaban J connectivity index is 2.67. The minimum absolute atomic E-state index is 0.176. The highest BCUT2D eigenvalue weighted by molar-refractivity contribution is 14.1. The van der Waals surface area contributed by atoms with E-state index in [1.807, 2.05) is 12.1 Å². The lowest BCUT2D eigenvalue weighted by molar-refractivity contribution is 0.304. The lowest BCUT2D eigenvalue weighted by Gasteiger charge is -2.10. The zero-order valence-electron chi connectivity index (χ0n) is 8.08. The normalized spacial score (nSPS) is 11.6. The molecule has 7 heteroatoms. The summed E-state index contributed by atoms with van der Waals surface area (Å²) >= 11 is 6.73. The van der Waals surface area contributed by atoms with Crippen LogP contribution in [0.25, 0.3) is 0 Å². The maximum atomic E-state index is 8.38. The van der Waals surface area contributed by atoms with Gasteiger partial charge in [-0.15, -0.1) is 0 Å². The van der Waals surface area contributed by atoms with E-state index in [0.717, 1.165) is 12.9 Å². The number of amidine groups is 1. The Bertz CT molecular complexity index is 387. The fourth-order valence-corrected chi connectivity index (χ4v) is 4.87. The van der Waals surface area contributed by atoms with Crippen molar-refractivity contribution in [3.8, 4) is 5.75 Å². The number of nitrogens with zero attached hydrogens (tertiary/aromatic N) is 1. The summed E-state index contributed by atoms with van der Waals surface area (Å²) in [5.74, 6) is 1.03. The third kappa shape index (κ3) is 4.39. The van der Waals surface area contributed by atoms with Crippen LogP contribution in [0.1, 0.15) is 6.42 Å². The van der Waals surface area contributed by atoms with Crippen LogP contribution in [-0.2, 0) is 0 Å². The number of halogens is 3. The first-order valence-electron chi connectivity index (χ1n) is 4.28. The fourth-order valence-electron chi connectivity index (χ4n) is 0.975. The number of hydrogen-bond donors (Lipinski definition) is 2. The molecule has 4 nitrogen and oxygen atoms in total. The molecule has 0 saturated heterocycles. The summed E-state index contributed by atoms with van der Waals surface area (Å²) in [7, 11) is 0. The molecule has 1 aromatic rings. The van der Waals surface area contributed by atoms with Gasteiger partial charge in [0.1, 0.15) is 11.6 Å². The highest BCUT2D eigenvalue weighted by Gasteiger charge is 2.08. The van der Waals surface area contributed by atoms with Crippen molar-refractivity contribution in [3.05, 3.63) is 22.8 Å². The van der Waals surface area contributed by atoms with Crippen LogP contribution in [0.5, 0.6) is 5.75 Å². The van der Waals surface area contributed by atoms with Gasteiger partial charge in [-0.25, -0.2) is 0 Å². The molecule has 0 aliphatic carbocycles. The summed E-state index contributed by atoms with van der Waals surface area (Å²) in [6.45, 7) is 0.405. The van der Waals surface area contributed by atoms with Gasteiger partial charge in [-0.3, -0.25) is 0 Å². The minimum atomic E-state index is 0.176. The van der Waals surface area contributed by atoms with E-state index in [4.69, 9.17) is 15.7 Å². The monoisotopic (exact) mass is 558 g/mol. The molecule has 0 spiro atoms. The highest BCUT2D eigenvalue weighted by atomic mass is 127. The number of oxime groups is 1. The minimum Gasteiger partial charge on any atom is -0.491 e. The maximum Gasteiger partial charge on any atom is 0.146 e. The molecule has 3 N–H and O–H groups in total. The van der Waals surface area contributed by atoms with Crippen LogP contribution in [-0.4, -0.2) is 17.6 Å². The summed E-state index contributed by atoms with van der Waals surface area (Å²) < 4.78 is 8.91. The molecule has 0 heterocycles. The van der Waals surface area contributed by atoms with Gasteiger partial charge in [-0.05, 0) is 79.9 Å². The van der Waals surface area contributed by atoms with Gasteiger partial charge in [0.15, 0.2) is 0 Å². The molecular formula is C9H9I3N2O2. The second-order valence-corrected chi connectivity index (χ2v) is 6.46. The Hall–Kier alpha value is 0.480. The average molecular weight is 558 g/mol. The van der Waals surface area contributed by atoms with Gasteiger partial charge in [-0.1, -0.05) is 5.16 Å². The first-order valence-corrected chi connectivity index (χ1v) is 7.52. The Kier molecular flexibility index (Phi) is 6.39. The molecule has 0 atom stereocenters. The summed E-state index contributed by atoms with van der Waals surface area (Å²) in [5, 5.41) is 11.3. The largest absolute Gasteiger partial charge is 0.491 e. The lowest BCUT2D eigenvalue weighted by atomic mass is 10.3. The van der Waals surface area contributed by atoms with Crippen LogP contribution in [0.4, 0.5) is 0 Å². The van der Waals surface area contributed by atoms with Gasteiger partial charge in [0, 0.05) is 9.99 Å². The van der Waals surface area contributed by atoms with E-state index in [0.29, 0.717) is 13.0 Å². The predicted molar refractivity (Wildman–Crippen MR) is 88.1 cm³/mol. The van der Waals surface area contributed by atoms with Crippen LogP contribution >= 0.6 is 67.8 Å². The number of benzene rings is 1. The molecule has 0 amide bonds. The molecule has 0 radical (unpaired) electrons. The Labute approximate surface area is 134 Å². The van der Waals surface area contributed by atoms with E-state index in [2.05, 4.69) is 72.9 Å². The van der Waals surface area contributed by atoms with Crippen molar-refractivity contribution in [2.24, 2.45) is 10.9 Å². The highest BCUT2D eigenvalue weighted by Crippen LogP contribution is 2.29. The van der Waals surface area contributed by atoms with Crippen LogP contribution in [0.15, 0.2) is 17.3 Å². The fraction of sp³-hybridized carbons (Fsp3) is 0.222. The average Bonchev–Trinajstić information content (AvgIpc) is 2.21. The van der Waals surface area contributed by atoms with Crippen molar-refractivity contribution >= 4 is 73.6 Å². The van der Waals surface area contributed by atoms with Gasteiger partial charge in [0.25, 0.3) is 0 Å². The molecule has 1 rings (SSSR count). The molecule has 0 aliphatic heterocycles. The number of rotatable bonds is 4. The molecular weight excluding hydrogens is 549 g/mol. The third-order valence-corrected chi connectivity index (χ3v) is 3.92. The lowest BCUT2D eigenvalue weighted by Crippen LogP contribution is -2.16. The summed E-state index contributed by atoms with van der Waals surface area (Å²) in [4.78, 5) is 0. The van der Waals surface area contributed by atoms with Crippen molar-refractivity contribution in [2.45, 2.75) is 6.42 Å². The third-order valence-electron chi connectivity index (χ3n) is 1.70. The summed E-state index contributed by atoms with van der Waals surface area (Å²) in [5.41, 5.74) is 5.35. The summed E-state index contributed by atoms with van der Waals surface area (Å²) in [6, 6.07) is 4.09. The molecule has 88 valence electrons. The van der Waals surface area contributed by atoms with Gasteiger partial charge >= 0.3 is 0 Å². The zero-order valence-corrected chi connectivity index (χ0v) is 14.6. The second kappa shape index (κ2) is 7.03. The zero-order chi connectivity index (χ0) is 12.1. The number of nitrogens with two attached hydrogens (primary N) is 1. The van der Waals surface area contributed by atoms with E-state index in [-0.39, 0.29) is 5.84 Å². The second-order valence-electron chi connectivity index (χ2n) is 2.89. The van der Waals surface area contributed by atoms with Crippen LogP contribution < -0.4 is 10.5 Å². The smallest absolute Gasteiger partial charge is 0.146 e. The summed E-state index contributed by atoms with van der Waals surface area (Å²) in [6.07, 6.45) is 0.411. The molecule has 0 fully saturated rings. The molecule has 0 aromatic heterocycles. The van der Waals surface area contributed by atoms with E-state index >= 15 is 0 Å². The van der Waals surface area contributed by atoms with Crippen LogP contribution in [0, 0.1) is 10.7 Å². The molecule has 1 aromatic carbocycles. The van der Waals surface area contributed by atoms with Crippen molar-refractivity contribution in [2.75, 3.05) is 6.61 Å². The van der Waals surface area contributed by atoms with E-state index in [1.54, 1.807) is 0 Å². The van der Waals surface area contributed by atoms with Gasteiger partial charge in [0.2, 0.25) is 0 Å². The topological polar surface area (TPSA) is 67.8 Å².